The SMILES string of the molecule is O=C(NCCN1CCOCC1)C1=CN2C3CCC(Cl)CC3OC3CC(NCC4CC4)CC(C1=O)C32. The highest BCUT2D eigenvalue weighted by Crippen LogP contribution is 2.45. The highest BCUT2D eigenvalue weighted by Gasteiger charge is 2.55. The van der Waals surface area contributed by atoms with E-state index in [-0.39, 0.29) is 53.3 Å². The molecule has 6 aliphatic rings. The monoisotopic (exact) mass is 506 g/mol. The van der Waals surface area contributed by atoms with Crippen LogP contribution in [0.2, 0.25) is 0 Å². The number of nitrogens with zero attached hydrogens (tertiary/aromatic N) is 2. The van der Waals surface area contributed by atoms with Crippen molar-refractivity contribution in [1.82, 2.24) is 20.4 Å². The van der Waals surface area contributed by atoms with Crippen molar-refractivity contribution in [3.8, 4) is 0 Å². The third-order valence-electron chi connectivity index (χ3n) is 8.95. The Morgan fingerprint density at radius 3 is 2.71 bits per heavy atom. The summed E-state index contributed by atoms with van der Waals surface area (Å²) in [4.78, 5) is 31.6. The Morgan fingerprint density at radius 1 is 1.09 bits per heavy atom. The number of nitrogens with one attached hydrogen (secondary N) is 2. The van der Waals surface area contributed by atoms with Crippen LogP contribution in [-0.2, 0) is 19.1 Å². The molecule has 3 saturated carbocycles. The lowest BCUT2D eigenvalue weighted by atomic mass is 9.70. The number of alkyl halides is 1. The number of ketones is 1. The number of carbonyl (C=O) groups is 2. The molecule has 7 unspecified atom stereocenters. The molecule has 0 aromatic heterocycles. The third-order valence-corrected chi connectivity index (χ3v) is 9.35. The van der Waals surface area contributed by atoms with Gasteiger partial charge in [0, 0.05) is 49.7 Å². The Balaban J connectivity index is 1.19. The van der Waals surface area contributed by atoms with Crippen LogP contribution in [0.1, 0.15) is 44.9 Å². The maximum absolute atomic E-state index is 13.7. The zero-order valence-electron chi connectivity index (χ0n) is 20.5. The highest BCUT2D eigenvalue weighted by molar-refractivity contribution is 6.21. The highest BCUT2D eigenvalue weighted by atomic mass is 35.5. The quantitative estimate of drug-likeness (QED) is 0.397. The Hall–Kier alpha value is -1.19. The predicted molar refractivity (Wildman–Crippen MR) is 132 cm³/mol. The molecule has 0 radical (unpaired) electrons. The van der Waals surface area contributed by atoms with Gasteiger partial charge in [-0.1, -0.05) is 0 Å². The zero-order chi connectivity index (χ0) is 23.9. The van der Waals surface area contributed by atoms with Crippen molar-refractivity contribution < 1.29 is 19.1 Å². The van der Waals surface area contributed by atoms with E-state index in [0.29, 0.717) is 12.1 Å². The topological polar surface area (TPSA) is 83.1 Å². The first-order valence-corrected chi connectivity index (χ1v) is 14.1. The molecule has 0 aromatic carbocycles. The van der Waals surface area contributed by atoms with Gasteiger partial charge in [-0.2, -0.15) is 0 Å². The fourth-order valence-corrected chi connectivity index (χ4v) is 7.15. The summed E-state index contributed by atoms with van der Waals surface area (Å²) in [6.07, 6.45) is 8.96. The van der Waals surface area contributed by atoms with E-state index in [1.165, 1.54) is 12.8 Å². The van der Waals surface area contributed by atoms with Gasteiger partial charge in [-0.25, -0.2) is 0 Å². The van der Waals surface area contributed by atoms with Gasteiger partial charge in [0.15, 0.2) is 5.78 Å². The summed E-state index contributed by atoms with van der Waals surface area (Å²) >= 11 is 6.53. The summed E-state index contributed by atoms with van der Waals surface area (Å²) in [6.45, 7) is 5.58. The number of hydrogen-bond donors (Lipinski definition) is 2. The Morgan fingerprint density at radius 2 is 1.91 bits per heavy atom. The molecular weight excluding hydrogens is 468 g/mol. The molecule has 9 heteroatoms. The van der Waals surface area contributed by atoms with Crippen LogP contribution in [0.15, 0.2) is 11.8 Å². The molecule has 0 bridgehead atoms. The lowest BCUT2D eigenvalue weighted by Gasteiger charge is -2.58. The molecule has 0 aromatic rings. The average molecular weight is 507 g/mol. The van der Waals surface area contributed by atoms with E-state index in [0.717, 1.165) is 77.4 Å². The zero-order valence-corrected chi connectivity index (χ0v) is 21.3. The van der Waals surface area contributed by atoms with Gasteiger partial charge in [0.25, 0.3) is 5.91 Å². The molecule has 5 fully saturated rings. The number of fused-ring (bicyclic) bond motifs is 2. The number of carbonyl (C=O) groups excluding carboxylic acids is 2. The third kappa shape index (κ3) is 5.14. The van der Waals surface area contributed by atoms with Crippen LogP contribution in [-0.4, -0.2) is 103 Å². The van der Waals surface area contributed by atoms with E-state index in [1.54, 1.807) is 0 Å². The van der Waals surface area contributed by atoms with Gasteiger partial charge in [-0.3, -0.25) is 14.5 Å². The first-order chi connectivity index (χ1) is 17.1. The fourth-order valence-electron chi connectivity index (χ4n) is 6.85. The van der Waals surface area contributed by atoms with E-state index in [1.807, 2.05) is 6.20 Å². The van der Waals surface area contributed by atoms with Crippen molar-refractivity contribution in [1.29, 1.82) is 0 Å². The molecular formula is C26H39ClN4O4. The van der Waals surface area contributed by atoms with Crippen LogP contribution in [0.3, 0.4) is 0 Å². The van der Waals surface area contributed by atoms with Crippen molar-refractivity contribution in [2.75, 3.05) is 45.9 Å². The number of morpholine rings is 2. The molecule has 2 N–H and O–H groups in total. The van der Waals surface area contributed by atoms with Crippen molar-refractivity contribution in [3.05, 3.63) is 11.8 Å². The normalized spacial score (nSPS) is 39.5. The lowest BCUT2D eigenvalue weighted by molar-refractivity contribution is -0.183. The molecule has 3 heterocycles. The van der Waals surface area contributed by atoms with Crippen molar-refractivity contribution >= 4 is 23.3 Å². The number of hydrogen-bond acceptors (Lipinski definition) is 7. The van der Waals surface area contributed by atoms with Gasteiger partial charge < -0.3 is 25.0 Å². The summed E-state index contributed by atoms with van der Waals surface area (Å²) in [5.74, 6) is 0.336. The Bertz CT molecular complexity index is 845. The first kappa shape index (κ1) is 24.2. The Kier molecular flexibility index (Phi) is 7.10. The number of Topliss-reactive ketones (excluding diaryl/α,β-unsaturated/α-hetero) is 1. The van der Waals surface area contributed by atoms with Crippen LogP contribution in [0.4, 0.5) is 0 Å². The van der Waals surface area contributed by atoms with Gasteiger partial charge in [0.1, 0.15) is 0 Å². The molecule has 8 nitrogen and oxygen atoms in total. The van der Waals surface area contributed by atoms with Gasteiger partial charge >= 0.3 is 0 Å². The second kappa shape index (κ2) is 10.3. The van der Waals surface area contributed by atoms with Crippen molar-refractivity contribution in [2.45, 2.75) is 80.7 Å². The van der Waals surface area contributed by atoms with Gasteiger partial charge in [0.2, 0.25) is 0 Å². The first-order valence-electron chi connectivity index (χ1n) is 13.7. The minimum Gasteiger partial charge on any atom is -0.379 e. The number of halogens is 1. The Labute approximate surface area is 213 Å². The van der Waals surface area contributed by atoms with Gasteiger partial charge in [-0.15, -0.1) is 11.6 Å². The summed E-state index contributed by atoms with van der Waals surface area (Å²) < 4.78 is 12.1. The second-order valence-electron chi connectivity index (χ2n) is 11.4. The molecule has 6 rings (SSSR count). The van der Waals surface area contributed by atoms with Crippen LogP contribution in [0.5, 0.6) is 0 Å². The molecule has 1 amide bonds. The van der Waals surface area contributed by atoms with Crippen molar-refractivity contribution in [3.63, 3.8) is 0 Å². The number of amides is 1. The van der Waals surface area contributed by atoms with Gasteiger partial charge in [-0.05, 0) is 57.4 Å². The summed E-state index contributed by atoms with van der Waals surface area (Å²) in [7, 11) is 0. The van der Waals surface area contributed by atoms with Crippen LogP contribution in [0.25, 0.3) is 0 Å². The minimum atomic E-state index is -0.236. The molecule has 2 saturated heterocycles. The number of ether oxygens (including phenoxy) is 2. The molecule has 3 aliphatic carbocycles. The predicted octanol–water partition coefficient (Wildman–Crippen LogP) is 1.28. The fraction of sp³-hybridized carbons (Fsp3) is 0.846. The maximum atomic E-state index is 13.7. The average Bonchev–Trinajstić information content (AvgIpc) is 3.69. The van der Waals surface area contributed by atoms with Crippen LogP contribution >= 0.6 is 11.6 Å². The minimum absolute atomic E-state index is 0.000184. The molecule has 3 aliphatic heterocycles. The van der Waals surface area contributed by atoms with Gasteiger partial charge in [0.05, 0.1) is 43.1 Å². The van der Waals surface area contributed by atoms with E-state index in [9.17, 15) is 9.59 Å². The molecule has 194 valence electrons. The summed E-state index contributed by atoms with van der Waals surface area (Å²) in [6, 6.07) is 0.469. The smallest absolute Gasteiger partial charge is 0.256 e. The summed E-state index contributed by atoms with van der Waals surface area (Å²) in [5.41, 5.74) is 0.323. The van der Waals surface area contributed by atoms with E-state index in [4.69, 9.17) is 21.1 Å². The van der Waals surface area contributed by atoms with E-state index < -0.39 is 0 Å². The van der Waals surface area contributed by atoms with E-state index in [2.05, 4.69) is 20.4 Å². The largest absolute Gasteiger partial charge is 0.379 e. The van der Waals surface area contributed by atoms with Crippen LogP contribution < -0.4 is 10.6 Å². The molecule has 35 heavy (non-hydrogen) atoms. The molecule has 7 atom stereocenters. The standard InChI is InChI=1S/C26H39ClN4O4/c27-17-3-4-21-22(11-17)35-23-13-18(29-14-16-1-2-16)12-19-24(23)31(21)15-20(25(19)32)26(33)28-5-6-30-7-9-34-10-8-30/h15-19,21-24,29H,1-14H2,(H,28,33). The molecule has 0 spiro atoms. The van der Waals surface area contributed by atoms with Crippen molar-refractivity contribution in [2.24, 2.45) is 11.8 Å². The second-order valence-corrected chi connectivity index (χ2v) is 12.0. The lowest BCUT2D eigenvalue weighted by Crippen LogP contribution is -2.68. The van der Waals surface area contributed by atoms with Crippen LogP contribution in [0, 0.1) is 11.8 Å². The van der Waals surface area contributed by atoms with E-state index >= 15 is 0 Å². The number of rotatable bonds is 7. The maximum Gasteiger partial charge on any atom is 0.256 e. The summed E-state index contributed by atoms with van der Waals surface area (Å²) in [5, 5.41) is 6.89.